The van der Waals surface area contributed by atoms with Crippen molar-refractivity contribution in [1.29, 1.82) is 0 Å². The molecule has 27 heavy (non-hydrogen) atoms. The molecule has 4 aromatic rings. The van der Waals surface area contributed by atoms with E-state index >= 15 is 0 Å². The van der Waals surface area contributed by atoms with Crippen molar-refractivity contribution < 1.29 is 4.74 Å². The molecule has 0 radical (unpaired) electrons. The Morgan fingerprint density at radius 1 is 1.19 bits per heavy atom. The normalized spacial score (nSPS) is 11.1. The molecule has 0 atom stereocenters. The van der Waals surface area contributed by atoms with Gasteiger partial charge < -0.3 is 9.72 Å². The van der Waals surface area contributed by atoms with Crippen LogP contribution >= 0.6 is 22.9 Å². The fourth-order valence-corrected chi connectivity index (χ4v) is 4.53. The standard InChI is InChI=1S/C21H17ClN2O2S/c1-3-16-17(12-7-6-8-13(11-12)26-2)18-20(25)23-19(24-21(18)27-16)14-9-4-5-10-15(14)22/h4-11H,3H2,1-2H3,(H,23,24,25). The Labute approximate surface area is 165 Å². The second-order valence-corrected chi connectivity index (χ2v) is 7.55. The van der Waals surface area contributed by atoms with Gasteiger partial charge >= 0.3 is 0 Å². The predicted octanol–water partition coefficient (Wildman–Crippen LogP) is 5.54. The van der Waals surface area contributed by atoms with Crippen LogP contribution in [-0.2, 0) is 6.42 Å². The number of aromatic amines is 1. The molecule has 0 bridgehead atoms. The molecule has 2 heterocycles. The Balaban J connectivity index is 1.99. The molecule has 0 aliphatic rings. The Bertz CT molecular complexity index is 1200. The third-order valence-corrected chi connectivity index (χ3v) is 6.00. The number of hydrogen-bond acceptors (Lipinski definition) is 4. The molecule has 0 unspecified atom stereocenters. The summed E-state index contributed by atoms with van der Waals surface area (Å²) in [6.45, 7) is 2.08. The van der Waals surface area contributed by atoms with Crippen LogP contribution in [0.5, 0.6) is 5.75 Å². The van der Waals surface area contributed by atoms with Crippen molar-refractivity contribution in [2.24, 2.45) is 0 Å². The van der Waals surface area contributed by atoms with Crippen LogP contribution in [0.2, 0.25) is 5.02 Å². The third-order valence-electron chi connectivity index (χ3n) is 4.44. The van der Waals surface area contributed by atoms with Gasteiger partial charge in [0.1, 0.15) is 16.4 Å². The van der Waals surface area contributed by atoms with Gasteiger partial charge in [0.15, 0.2) is 0 Å². The van der Waals surface area contributed by atoms with Crippen LogP contribution in [0.3, 0.4) is 0 Å². The van der Waals surface area contributed by atoms with E-state index in [4.69, 9.17) is 21.3 Å². The van der Waals surface area contributed by atoms with Crippen molar-refractivity contribution in [3.05, 3.63) is 68.8 Å². The Hall–Kier alpha value is -2.63. The fraction of sp³-hybridized carbons (Fsp3) is 0.143. The lowest BCUT2D eigenvalue weighted by atomic mass is 10.0. The van der Waals surface area contributed by atoms with Crippen LogP contribution in [0.25, 0.3) is 32.7 Å². The maximum absolute atomic E-state index is 13.0. The summed E-state index contributed by atoms with van der Waals surface area (Å²) in [6.07, 6.45) is 0.814. The number of fused-ring (bicyclic) bond motifs is 1. The first-order chi connectivity index (χ1) is 13.1. The highest BCUT2D eigenvalue weighted by molar-refractivity contribution is 7.19. The van der Waals surface area contributed by atoms with E-state index in [0.717, 1.165) is 28.2 Å². The number of H-pyrrole nitrogens is 1. The van der Waals surface area contributed by atoms with E-state index in [1.807, 2.05) is 42.5 Å². The summed E-state index contributed by atoms with van der Waals surface area (Å²) >= 11 is 7.83. The molecule has 0 spiro atoms. The molecule has 136 valence electrons. The van der Waals surface area contributed by atoms with E-state index in [1.54, 1.807) is 24.5 Å². The minimum Gasteiger partial charge on any atom is -0.497 e. The van der Waals surface area contributed by atoms with Gasteiger partial charge in [-0.3, -0.25) is 4.79 Å². The van der Waals surface area contributed by atoms with Gasteiger partial charge in [-0.1, -0.05) is 42.8 Å². The van der Waals surface area contributed by atoms with Crippen molar-refractivity contribution in [1.82, 2.24) is 9.97 Å². The molecule has 4 nitrogen and oxygen atoms in total. The largest absolute Gasteiger partial charge is 0.497 e. The number of aryl methyl sites for hydroxylation is 1. The van der Waals surface area contributed by atoms with Crippen molar-refractivity contribution >= 4 is 33.2 Å². The van der Waals surface area contributed by atoms with Gasteiger partial charge in [-0.2, -0.15) is 0 Å². The van der Waals surface area contributed by atoms with Gasteiger partial charge in [-0.25, -0.2) is 4.98 Å². The zero-order valence-corrected chi connectivity index (χ0v) is 16.4. The first kappa shape index (κ1) is 17.8. The monoisotopic (exact) mass is 396 g/mol. The summed E-state index contributed by atoms with van der Waals surface area (Å²) in [5, 5.41) is 1.17. The van der Waals surface area contributed by atoms with Gasteiger partial charge in [0, 0.05) is 16.0 Å². The van der Waals surface area contributed by atoms with Gasteiger partial charge in [0.2, 0.25) is 0 Å². The number of nitrogens with zero attached hydrogens (tertiary/aromatic N) is 1. The topological polar surface area (TPSA) is 55.0 Å². The maximum Gasteiger partial charge on any atom is 0.260 e. The quantitative estimate of drug-likeness (QED) is 0.492. The summed E-state index contributed by atoms with van der Waals surface area (Å²) in [5.74, 6) is 1.24. The number of ether oxygens (including phenoxy) is 1. The SMILES string of the molecule is CCc1sc2nc(-c3ccccc3Cl)[nH]c(=O)c2c1-c1cccc(OC)c1. The molecule has 0 saturated heterocycles. The fourth-order valence-electron chi connectivity index (χ4n) is 3.17. The molecule has 6 heteroatoms. The molecular weight excluding hydrogens is 380 g/mol. The zero-order valence-electron chi connectivity index (χ0n) is 14.9. The van der Waals surface area contributed by atoms with Crippen LogP contribution in [0, 0.1) is 0 Å². The lowest BCUT2D eigenvalue weighted by Crippen LogP contribution is -2.09. The number of halogens is 1. The lowest BCUT2D eigenvalue weighted by Gasteiger charge is -2.06. The molecule has 0 amide bonds. The molecule has 2 aromatic heterocycles. The highest BCUT2D eigenvalue weighted by atomic mass is 35.5. The number of thiophene rings is 1. The lowest BCUT2D eigenvalue weighted by molar-refractivity contribution is 0.415. The van der Waals surface area contributed by atoms with E-state index in [1.165, 1.54) is 0 Å². The molecule has 0 fully saturated rings. The van der Waals surface area contributed by atoms with Crippen molar-refractivity contribution in [3.63, 3.8) is 0 Å². The maximum atomic E-state index is 13.0. The summed E-state index contributed by atoms with van der Waals surface area (Å²) in [4.78, 5) is 22.4. The van der Waals surface area contributed by atoms with E-state index in [9.17, 15) is 4.79 Å². The van der Waals surface area contributed by atoms with Gasteiger partial charge in [-0.05, 0) is 36.2 Å². The Kier molecular flexibility index (Phi) is 4.72. The van der Waals surface area contributed by atoms with E-state index in [0.29, 0.717) is 26.6 Å². The average molecular weight is 397 g/mol. The minimum atomic E-state index is -0.163. The molecule has 1 N–H and O–H groups in total. The highest BCUT2D eigenvalue weighted by Crippen LogP contribution is 2.38. The summed E-state index contributed by atoms with van der Waals surface area (Å²) in [5.41, 5.74) is 2.43. The summed E-state index contributed by atoms with van der Waals surface area (Å²) in [6, 6.07) is 15.1. The minimum absolute atomic E-state index is 0.163. The van der Waals surface area contributed by atoms with Crippen LogP contribution in [0.1, 0.15) is 11.8 Å². The predicted molar refractivity (Wildman–Crippen MR) is 112 cm³/mol. The van der Waals surface area contributed by atoms with Crippen LogP contribution in [0.15, 0.2) is 53.3 Å². The van der Waals surface area contributed by atoms with E-state index in [2.05, 4.69) is 11.9 Å². The van der Waals surface area contributed by atoms with Crippen molar-refractivity contribution in [2.75, 3.05) is 7.11 Å². The number of hydrogen-bond donors (Lipinski definition) is 1. The second kappa shape index (κ2) is 7.18. The number of nitrogens with one attached hydrogen (secondary N) is 1. The average Bonchev–Trinajstić information content (AvgIpc) is 3.07. The van der Waals surface area contributed by atoms with Gasteiger partial charge in [-0.15, -0.1) is 11.3 Å². The van der Waals surface area contributed by atoms with E-state index in [-0.39, 0.29) is 5.56 Å². The number of aromatic nitrogens is 2. The molecule has 0 aliphatic heterocycles. The van der Waals surface area contributed by atoms with Gasteiger partial charge in [0.05, 0.1) is 17.5 Å². The smallest absolute Gasteiger partial charge is 0.260 e. The first-order valence-electron chi connectivity index (χ1n) is 8.57. The number of benzene rings is 2. The molecule has 2 aromatic carbocycles. The summed E-state index contributed by atoms with van der Waals surface area (Å²) in [7, 11) is 1.63. The molecular formula is C21H17ClN2O2S. The molecule has 0 saturated carbocycles. The van der Waals surface area contributed by atoms with E-state index < -0.39 is 0 Å². The number of methoxy groups -OCH3 is 1. The summed E-state index contributed by atoms with van der Waals surface area (Å²) < 4.78 is 5.35. The zero-order chi connectivity index (χ0) is 19.0. The highest BCUT2D eigenvalue weighted by Gasteiger charge is 2.19. The molecule has 0 aliphatic carbocycles. The molecule has 4 rings (SSSR count). The second-order valence-electron chi connectivity index (χ2n) is 6.06. The third kappa shape index (κ3) is 3.13. The van der Waals surface area contributed by atoms with Crippen molar-refractivity contribution in [3.8, 4) is 28.3 Å². The van der Waals surface area contributed by atoms with Crippen molar-refractivity contribution in [2.45, 2.75) is 13.3 Å². The Morgan fingerprint density at radius 2 is 2.00 bits per heavy atom. The number of rotatable bonds is 4. The van der Waals surface area contributed by atoms with Gasteiger partial charge in [0.25, 0.3) is 5.56 Å². The first-order valence-corrected chi connectivity index (χ1v) is 9.76. The Morgan fingerprint density at radius 3 is 2.74 bits per heavy atom. The van der Waals surface area contributed by atoms with Crippen LogP contribution in [0.4, 0.5) is 0 Å². The van der Waals surface area contributed by atoms with Crippen LogP contribution in [-0.4, -0.2) is 17.1 Å². The van der Waals surface area contributed by atoms with Crippen LogP contribution < -0.4 is 10.3 Å².